The molecule has 0 fully saturated rings. The average molecular weight is 225 g/mol. The average Bonchev–Trinajstić information content (AvgIpc) is 2.29. The van der Waals surface area contributed by atoms with Crippen LogP contribution in [0.25, 0.3) is 11.3 Å². The van der Waals surface area contributed by atoms with Crippen molar-refractivity contribution in [3.05, 3.63) is 42.6 Å². The second-order valence-corrected chi connectivity index (χ2v) is 3.01. The lowest BCUT2D eigenvalue weighted by Gasteiger charge is -2.04. The quantitative estimate of drug-likeness (QED) is 0.748. The smallest absolute Gasteiger partial charge is 0.256 e. The monoisotopic (exact) mass is 225 g/mol. The summed E-state index contributed by atoms with van der Waals surface area (Å²) in [6.07, 6.45) is -0.744. The molecule has 0 amide bonds. The standard InChI is InChI=1S/C10H6F3N3/c11-10(12,13)9-15-5-7(6-16-9)8-3-1-2-4-14-8/h1-6H. The van der Waals surface area contributed by atoms with Gasteiger partial charge in [-0.05, 0) is 12.1 Å². The van der Waals surface area contributed by atoms with Gasteiger partial charge in [0.2, 0.25) is 5.82 Å². The summed E-state index contributed by atoms with van der Waals surface area (Å²) in [5.74, 6) is -1.15. The lowest BCUT2D eigenvalue weighted by molar-refractivity contribution is -0.144. The Morgan fingerprint density at radius 2 is 1.62 bits per heavy atom. The molecule has 2 aromatic rings. The van der Waals surface area contributed by atoms with E-state index in [1.807, 2.05) is 0 Å². The molecule has 0 N–H and O–H groups in total. The predicted molar refractivity (Wildman–Crippen MR) is 50.3 cm³/mol. The van der Waals surface area contributed by atoms with Crippen molar-refractivity contribution in [2.75, 3.05) is 0 Å². The van der Waals surface area contributed by atoms with Gasteiger partial charge in [-0.1, -0.05) is 6.07 Å². The van der Waals surface area contributed by atoms with Crippen LogP contribution in [0.5, 0.6) is 0 Å². The zero-order valence-corrected chi connectivity index (χ0v) is 7.94. The molecule has 0 unspecified atom stereocenters. The van der Waals surface area contributed by atoms with Gasteiger partial charge in [-0.3, -0.25) is 4.98 Å². The number of hydrogen-bond acceptors (Lipinski definition) is 3. The molecule has 0 bridgehead atoms. The third kappa shape index (κ3) is 2.16. The van der Waals surface area contributed by atoms with E-state index in [0.29, 0.717) is 11.3 Å². The van der Waals surface area contributed by atoms with Crippen LogP contribution in [0.2, 0.25) is 0 Å². The fourth-order valence-electron chi connectivity index (χ4n) is 1.14. The van der Waals surface area contributed by atoms with Crippen LogP contribution in [-0.4, -0.2) is 15.0 Å². The molecule has 16 heavy (non-hydrogen) atoms. The second kappa shape index (κ2) is 3.88. The largest absolute Gasteiger partial charge is 0.451 e. The molecule has 2 heterocycles. The maximum absolute atomic E-state index is 12.2. The highest BCUT2D eigenvalue weighted by Crippen LogP contribution is 2.26. The lowest BCUT2D eigenvalue weighted by Crippen LogP contribution is -2.10. The molecule has 0 radical (unpaired) electrons. The van der Waals surface area contributed by atoms with E-state index >= 15 is 0 Å². The predicted octanol–water partition coefficient (Wildman–Crippen LogP) is 2.56. The van der Waals surface area contributed by atoms with E-state index in [4.69, 9.17) is 0 Å². The number of alkyl halides is 3. The van der Waals surface area contributed by atoms with Crippen molar-refractivity contribution in [3.63, 3.8) is 0 Å². The molecule has 0 aromatic carbocycles. The summed E-state index contributed by atoms with van der Waals surface area (Å²) < 4.78 is 36.5. The van der Waals surface area contributed by atoms with E-state index in [-0.39, 0.29) is 0 Å². The summed E-state index contributed by atoms with van der Waals surface area (Å²) in [6.45, 7) is 0. The van der Waals surface area contributed by atoms with Crippen LogP contribution in [0, 0.1) is 0 Å². The first-order chi connectivity index (χ1) is 7.57. The number of hydrogen-bond donors (Lipinski definition) is 0. The molecular weight excluding hydrogens is 219 g/mol. The Morgan fingerprint density at radius 3 is 2.12 bits per heavy atom. The summed E-state index contributed by atoms with van der Waals surface area (Å²) in [5.41, 5.74) is 0.991. The Kier molecular flexibility index (Phi) is 2.55. The van der Waals surface area contributed by atoms with E-state index < -0.39 is 12.0 Å². The summed E-state index contributed by atoms with van der Waals surface area (Å²) in [6, 6.07) is 5.13. The normalized spacial score (nSPS) is 11.4. The van der Waals surface area contributed by atoms with Gasteiger partial charge in [-0.25, -0.2) is 9.97 Å². The molecule has 3 nitrogen and oxygen atoms in total. The molecule has 0 atom stereocenters. The van der Waals surface area contributed by atoms with E-state index in [1.54, 1.807) is 24.4 Å². The van der Waals surface area contributed by atoms with Gasteiger partial charge < -0.3 is 0 Å². The van der Waals surface area contributed by atoms with Gasteiger partial charge in [0, 0.05) is 24.2 Å². The molecule has 0 aliphatic carbocycles. The molecule has 2 rings (SSSR count). The summed E-state index contributed by atoms with van der Waals surface area (Å²) in [7, 11) is 0. The lowest BCUT2D eigenvalue weighted by atomic mass is 10.2. The highest BCUT2D eigenvalue weighted by atomic mass is 19.4. The number of halogens is 3. The van der Waals surface area contributed by atoms with Crippen LogP contribution >= 0.6 is 0 Å². The molecule has 0 aliphatic rings. The van der Waals surface area contributed by atoms with Crippen LogP contribution in [-0.2, 0) is 6.18 Å². The van der Waals surface area contributed by atoms with Gasteiger partial charge in [0.05, 0.1) is 5.69 Å². The third-order valence-electron chi connectivity index (χ3n) is 1.87. The molecule has 0 saturated carbocycles. The van der Waals surface area contributed by atoms with Gasteiger partial charge in [-0.15, -0.1) is 0 Å². The van der Waals surface area contributed by atoms with Gasteiger partial charge in [-0.2, -0.15) is 13.2 Å². The summed E-state index contributed by atoms with van der Waals surface area (Å²) >= 11 is 0. The SMILES string of the molecule is FC(F)(F)c1ncc(-c2ccccn2)cn1. The Bertz CT molecular complexity index is 465. The van der Waals surface area contributed by atoms with Crippen molar-refractivity contribution in [2.24, 2.45) is 0 Å². The molecule has 0 spiro atoms. The summed E-state index contributed by atoms with van der Waals surface area (Å²) in [5, 5.41) is 0. The van der Waals surface area contributed by atoms with Gasteiger partial charge in [0.1, 0.15) is 0 Å². The number of rotatable bonds is 1. The minimum Gasteiger partial charge on any atom is -0.256 e. The molecule has 6 heteroatoms. The number of pyridine rings is 1. The van der Waals surface area contributed by atoms with E-state index in [9.17, 15) is 13.2 Å². The van der Waals surface area contributed by atoms with Gasteiger partial charge in [0.25, 0.3) is 0 Å². The van der Waals surface area contributed by atoms with Crippen molar-refractivity contribution < 1.29 is 13.2 Å². The molecular formula is C10H6F3N3. The van der Waals surface area contributed by atoms with E-state index in [0.717, 1.165) is 12.4 Å². The minimum atomic E-state index is -4.51. The Balaban J connectivity index is 2.34. The van der Waals surface area contributed by atoms with Crippen LogP contribution in [0.1, 0.15) is 5.82 Å². The number of aromatic nitrogens is 3. The van der Waals surface area contributed by atoms with E-state index in [2.05, 4.69) is 15.0 Å². The molecule has 2 aromatic heterocycles. The van der Waals surface area contributed by atoms with Gasteiger partial charge in [0.15, 0.2) is 0 Å². The van der Waals surface area contributed by atoms with E-state index in [1.165, 1.54) is 0 Å². The second-order valence-electron chi connectivity index (χ2n) is 3.01. The van der Waals surface area contributed by atoms with Gasteiger partial charge >= 0.3 is 6.18 Å². The van der Waals surface area contributed by atoms with Crippen LogP contribution < -0.4 is 0 Å². The highest BCUT2D eigenvalue weighted by molar-refractivity contribution is 5.55. The number of nitrogens with zero attached hydrogens (tertiary/aromatic N) is 3. The maximum Gasteiger partial charge on any atom is 0.451 e. The minimum absolute atomic E-state index is 0.452. The fourth-order valence-corrected chi connectivity index (χ4v) is 1.14. The molecule has 82 valence electrons. The zero-order valence-electron chi connectivity index (χ0n) is 7.94. The highest BCUT2D eigenvalue weighted by Gasteiger charge is 2.34. The maximum atomic E-state index is 12.2. The summed E-state index contributed by atoms with van der Waals surface area (Å²) in [4.78, 5) is 10.5. The Morgan fingerprint density at radius 1 is 0.938 bits per heavy atom. The third-order valence-corrected chi connectivity index (χ3v) is 1.87. The Labute approximate surface area is 89.0 Å². The first-order valence-electron chi connectivity index (χ1n) is 4.38. The topological polar surface area (TPSA) is 38.7 Å². The molecule has 0 aliphatic heterocycles. The van der Waals surface area contributed by atoms with Crippen molar-refractivity contribution in [1.82, 2.24) is 15.0 Å². The first kappa shape index (κ1) is 10.5. The van der Waals surface area contributed by atoms with Crippen LogP contribution in [0.15, 0.2) is 36.8 Å². The van der Waals surface area contributed by atoms with Crippen molar-refractivity contribution in [3.8, 4) is 11.3 Å². The van der Waals surface area contributed by atoms with Crippen molar-refractivity contribution in [2.45, 2.75) is 6.18 Å². The zero-order chi connectivity index (χ0) is 11.6. The first-order valence-corrected chi connectivity index (χ1v) is 4.38. The molecule has 0 saturated heterocycles. The fraction of sp³-hybridized carbons (Fsp3) is 0.100. The van der Waals surface area contributed by atoms with Crippen molar-refractivity contribution in [1.29, 1.82) is 0 Å². The van der Waals surface area contributed by atoms with Crippen molar-refractivity contribution >= 4 is 0 Å². The van der Waals surface area contributed by atoms with Crippen LogP contribution in [0.3, 0.4) is 0 Å². The Hall–Kier alpha value is -1.98. The van der Waals surface area contributed by atoms with Crippen LogP contribution in [0.4, 0.5) is 13.2 Å².